The Balaban J connectivity index is 1.64. The number of nitriles is 1. The van der Waals surface area contributed by atoms with E-state index in [1.165, 1.54) is 17.6 Å². The van der Waals surface area contributed by atoms with Crippen molar-refractivity contribution in [2.45, 2.75) is 25.7 Å². The van der Waals surface area contributed by atoms with Gasteiger partial charge in [-0.15, -0.1) is 11.3 Å². The second-order valence-electron chi connectivity index (χ2n) is 5.46. The average Bonchev–Trinajstić information content (AvgIpc) is 2.99. The van der Waals surface area contributed by atoms with Gasteiger partial charge in [0.25, 0.3) is 0 Å². The summed E-state index contributed by atoms with van der Waals surface area (Å²) in [5, 5.41) is 16.1. The number of aromatic nitrogens is 1. The van der Waals surface area contributed by atoms with Crippen LogP contribution in [0.3, 0.4) is 0 Å². The van der Waals surface area contributed by atoms with Crippen LogP contribution in [0, 0.1) is 11.3 Å². The number of pyridine rings is 1. The van der Waals surface area contributed by atoms with Gasteiger partial charge in [0.05, 0.1) is 11.8 Å². The fourth-order valence-corrected chi connectivity index (χ4v) is 3.83. The van der Waals surface area contributed by atoms with Crippen molar-refractivity contribution in [3.05, 3.63) is 46.1 Å². The first kappa shape index (κ1) is 16.8. The van der Waals surface area contributed by atoms with Crippen LogP contribution in [-0.2, 0) is 22.4 Å². The summed E-state index contributed by atoms with van der Waals surface area (Å²) in [4.78, 5) is 28.9. The van der Waals surface area contributed by atoms with Crippen molar-refractivity contribution < 1.29 is 9.59 Å². The minimum atomic E-state index is -0.888. The molecule has 0 aliphatic heterocycles. The number of amides is 2. The van der Waals surface area contributed by atoms with E-state index in [0.717, 1.165) is 41.7 Å². The summed E-state index contributed by atoms with van der Waals surface area (Å²) in [5.74, 6) is -1.73. The Morgan fingerprint density at radius 2 is 2.00 bits per heavy atom. The molecule has 0 atom stereocenters. The third-order valence-corrected chi connectivity index (χ3v) is 5.01. The molecule has 2 aromatic rings. The number of aryl methyl sites for hydroxylation is 1. The lowest BCUT2D eigenvalue weighted by Crippen LogP contribution is -2.32. The summed E-state index contributed by atoms with van der Waals surface area (Å²) in [6.07, 6.45) is 8.47. The van der Waals surface area contributed by atoms with Crippen LogP contribution in [0.15, 0.2) is 29.6 Å². The average molecular weight is 353 g/mol. The molecule has 1 aliphatic carbocycles. The van der Waals surface area contributed by atoms with Crippen molar-refractivity contribution in [3.8, 4) is 6.07 Å². The molecule has 0 spiro atoms. The Morgan fingerprint density at radius 1 is 1.24 bits per heavy atom. The lowest BCUT2D eigenvalue weighted by atomic mass is 9.96. The normalized spacial score (nSPS) is 13.1. The Labute approximate surface area is 148 Å². The third kappa shape index (κ3) is 3.89. The highest BCUT2D eigenvalue weighted by atomic mass is 32.1. The van der Waals surface area contributed by atoms with E-state index in [1.807, 2.05) is 0 Å². The van der Waals surface area contributed by atoms with Gasteiger partial charge < -0.3 is 5.32 Å². The Bertz CT molecular complexity index is 867. The number of thiophene rings is 1. The zero-order valence-corrected chi connectivity index (χ0v) is 14.1. The van der Waals surface area contributed by atoms with E-state index >= 15 is 0 Å². The Kier molecular flexibility index (Phi) is 5.16. The standard InChI is InChI=1S/C17H15N5O2S/c18-9-13-12-3-1-2-4-14(12)25-17(13)21-15(23)16(24)22-20-10-11-5-7-19-8-6-11/h5-8,10H,1-4H2,(H,21,23)(H,22,24)/b20-10+. The zero-order chi connectivity index (χ0) is 17.6. The molecular formula is C17H15N5O2S. The van der Waals surface area contributed by atoms with Crippen LogP contribution in [-0.4, -0.2) is 23.0 Å². The van der Waals surface area contributed by atoms with E-state index < -0.39 is 11.8 Å². The molecule has 0 fully saturated rings. The topological polar surface area (TPSA) is 107 Å². The van der Waals surface area contributed by atoms with Gasteiger partial charge in [0.2, 0.25) is 0 Å². The molecule has 1 aliphatic rings. The number of nitrogens with zero attached hydrogens (tertiary/aromatic N) is 3. The van der Waals surface area contributed by atoms with Crippen LogP contribution in [0.5, 0.6) is 0 Å². The van der Waals surface area contributed by atoms with E-state index in [0.29, 0.717) is 10.6 Å². The summed E-state index contributed by atoms with van der Waals surface area (Å²) in [6, 6.07) is 5.57. The SMILES string of the molecule is N#Cc1c(NC(=O)C(=O)N/N=C/c2ccncc2)sc2c1CCCC2. The monoisotopic (exact) mass is 353 g/mol. The predicted octanol–water partition coefficient (Wildman–Crippen LogP) is 1.98. The molecule has 8 heteroatoms. The molecule has 0 saturated heterocycles. The molecule has 2 aromatic heterocycles. The number of anilines is 1. The Hall–Kier alpha value is -3.05. The molecule has 25 heavy (non-hydrogen) atoms. The summed E-state index contributed by atoms with van der Waals surface area (Å²) in [6.45, 7) is 0. The molecule has 0 radical (unpaired) electrons. The first-order valence-electron chi connectivity index (χ1n) is 7.78. The first-order valence-corrected chi connectivity index (χ1v) is 8.59. The van der Waals surface area contributed by atoms with Crippen LogP contribution in [0.25, 0.3) is 0 Å². The van der Waals surface area contributed by atoms with Crippen molar-refractivity contribution in [2.24, 2.45) is 5.10 Å². The number of hydrogen-bond donors (Lipinski definition) is 2. The van der Waals surface area contributed by atoms with Crippen LogP contribution >= 0.6 is 11.3 Å². The first-order chi connectivity index (χ1) is 12.2. The van der Waals surface area contributed by atoms with E-state index in [9.17, 15) is 14.9 Å². The minimum Gasteiger partial charge on any atom is -0.308 e. The summed E-state index contributed by atoms with van der Waals surface area (Å²) < 4.78 is 0. The van der Waals surface area contributed by atoms with Gasteiger partial charge >= 0.3 is 11.8 Å². The number of carbonyl (C=O) groups is 2. The van der Waals surface area contributed by atoms with Crippen molar-refractivity contribution in [3.63, 3.8) is 0 Å². The van der Waals surface area contributed by atoms with E-state index in [4.69, 9.17) is 0 Å². The molecule has 2 N–H and O–H groups in total. The number of hydrazone groups is 1. The highest BCUT2D eigenvalue weighted by molar-refractivity contribution is 7.16. The van der Waals surface area contributed by atoms with Crippen LogP contribution < -0.4 is 10.7 Å². The largest absolute Gasteiger partial charge is 0.329 e. The molecule has 0 unspecified atom stereocenters. The van der Waals surface area contributed by atoms with Crippen LogP contribution in [0.4, 0.5) is 5.00 Å². The smallest absolute Gasteiger partial charge is 0.308 e. The molecule has 0 aromatic carbocycles. The number of fused-ring (bicyclic) bond motifs is 1. The molecule has 3 rings (SSSR count). The second kappa shape index (κ2) is 7.68. The molecule has 0 saturated carbocycles. The van der Waals surface area contributed by atoms with Gasteiger partial charge in [-0.3, -0.25) is 14.6 Å². The fourth-order valence-electron chi connectivity index (χ4n) is 2.60. The van der Waals surface area contributed by atoms with Crippen molar-refractivity contribution in [1.29, 1.82) is 5.26 Å². The third-order valence-electron chi connectivity index (χ3n) is 3.80. The lowest BCUT2D eigenvalue weighted by Gasteiger charge is -2.09. The number of rotatable bonds is 3. The van der Waals surface area contributed by atoms with Crippen molar-refractivity contribution in [1.82, 2.24) is 10.4 Å². The number of carbonyl (C=O) groups excluding carboxylic acids is 2. The van der Waals surface area contributed by atoms with Crippen molar-refractivity contribution in [2.75, 3.05) is 5.32 Å². The maximum absolute atomic E-state index is 12.0. The van der Waals surface area contributed by atoms with Crippen molar-refractivity contribution >= 4 is 34.4 Å². The van der Waals surface area contributed by atoms with Gasteiger partial charge in [-0.1, -0.05) is 0 Å². The molecule has 2 heterocycles. The summed E-state index contributed by atoms with van der Waals surface area (Å²) in [7, 11) is 0. The van der Waals surface area contributed by atoms with Gasteiger partial charge in [-0.2, -0.15) is 10.4 Å². The summed E-state index contributed by atoms with van der Waals surface area (Å²) in [5.41, 5.74) is 4.39. The van der Waals surface area contributed by atoms with Gasteiger partial charge in [0, 0.05) is 17.3 Å². The molecule has 0 bridgehead atoms. The van der Waals surface area contributed by atoms with Crippen LogP contribution in [0.2, 0.25) is 0 Å². The molecular weight excluding hydrogens is 338 g/mol. The lowest BCUT2D eigenvalue weighted by molar-refractivity contribution is -0.136. The minimum absolute atomic E-state index is 0.438. The van der Waals surface area contributed by atoms with Gasteiger partial charge in [-0.05, 0) is 48.9 Å². The second-order valence-corrected chi connectivity index (χ2v) is 6.57. The zero-order valence-electron chi connectivity index (χ0n) is 13.3. The van der Waals surface area contributed by atoms with Gasteiger partial charge in [-0.25, -0.2) is 5.43 Å². The predicted molar refractivity (Wildman–Crippen MR) is 94.3 cm³/mol. The molecule has 2 amide bonds. The maximum atomic E-state index is 12.0. The maximum Gasteiger partial charge on any atom is 0.329 e. The van der Waals surface area contributed by atoms with Gasteiger partial charge in [0.15, 0.2) is 0 Å². The summed E-state index contributed by atoms with van der Waals surface area (Å²) >= 11 is 1.37. The van der Waals surface area contributed by atoms with Gasteiger partial charge in [0.1, 0.15) is 11.1 Å². The molecule has 126 valence electrons. The van der Waals surface area contributed by atoms with Crippen LogP contribution in [0.1, 0.15) is 34.4 Å². The quantitative estimate of drug-likeness (QED) is 0.500. The number of nitrogens with one attached hydrogen (secondary N) is 2. The van der Waals surface area contributed by atoms with E-state index in [1.54, 1.807) is 24.5 Å². The van der Waals surface area contributed by atoms with E-state index in [2.05, 4.69) is 26.9 Å². The highest BCUT2D eigenvalue weighted by Gasteiger charge is 2.23. The fraction of sp³-hybridized carbons (Fsp3) is 0.235. The van der Waals surface area contributed by atoms with E-state index in [-0.39, 0.29) is 0 Å². The molecule has 7 nitrogen and oxygen atoms in total. The number of hydrogen-bond acceptors (Lipinski definition) is 6. The Morgan fingerprint density at radius 3 is 2.76 bits per heavy atom. The highest BCUT2D eigenvalue weighted by Crippen LogP contribution is 2.37.